The number of rotatable bonds is 0. The second kappa shape index (κ2) is 2.63. The van der Waals surface area contributed by atoms with Crippen LogP contribution >= 0.6 is 0 Å². The van der Waals surface area contributed by atoms with Gasteiger partial charge in [-0.1, -0.05) is 20.8 Å². The molecule has 0 amide bonds. The van der Waals surface area contributed by atoms with E-state index in [9.17, 15) is 0 Å². The molecule has 0 spiro atoms. The van der Waals surface area contributed by atoms with Crippen LogP contribution in [0, 0.1) is 17.5 Å². The fourth-order valence-electron chi connectivity index (χ4n) is 1.04. The van der Waals surface area contributed by atoms with Crippen molar-refractivity contribution >= 4 is 0 Å². The fraction of sp³-hybridized carbons (Fsp3) is 0.556. The van der Waals surface area contributed by atoms with Gasteiger partial charge in [0.25, 0.3) is 0 Å². The Balaban J connectivity index is 3.25. The van der Waals surface area contributed by atoms with E-state index < -0.39 is 0 Å². The van der Waals surface area contributed by atoms with E-state index in [1.54, 1.807) is 11.7 Å². The van der Waals surface area contributed by atoms with E-state index in [-0.39, 0.29) is 5.41 Å². The minimum atomic E-state index is -0.0805. The van der Waals surface area contributed by atoms with Crippen molar-refractivity contribution in [2.75, 3.05) is 0 Å². The molecule has 0 aliphatic rings. The predicted octanol–water partition coefficient (Wildman–Crippen LogP) is 1.39. The summed E-state index contributed by atoms with van der Waals surface area (Å²) in [7, 11) is 1.77. The first kappa shape index (κ1) is 8.79. The average Bonchev–Trinajstić information content (AvgIpc) is 2.29. The molecular weight excluding hydrogens is 150 g/mol. The number of hydrogen-bond acceptors (Lipinski definition) is 2. The smallest absolute Gasteiger partial charge is 0.105 e. The van der Waals surface area contributed by atoms with Gasteiger partial charge < -0.3 is 0 Å². The van der Waals surface area contributed by atoms with Crippen molar-refractivity contribution in [2.24, 2.45) is 7.05 Å². The van der Waals surface area contributed by atoms with Crippen molar-refractivity contribution in [3.05, 3.63) is 17.5 Å². The molecule has 1 heterocycles. The molecule has 0 aliphatic carbocycles. The summed E-state index contributed by atoms with van der Waals surface area (Å²) in [5.74, 6) is 0. The minimum absolute atomic E-state index is 0.0805. The van der Waals surface area contributed by atoms with E-state index in [2.05, 4.69) is 17.4 Å². The van der Waals surface area contributed by atoms with Crippen LogP contribution in [0.5, 0.6) is 0 Å². The summed E-state index contributed by atoms with van der Waals surface area (Å²) in [6.07, 6.45) is 2.85. The monoisotopic (exact) mass is 162 g/mol. The Bertz CT molecular complexity index is 323. The molecule has 3 heteroatoms. The molecule has 1 aromatic rings. The van der Waals surface area contributed by atoms with Crippen LogP contribution in [-0.2, 0) is 12.5 Å². The molecule has 0 saturated heterocycles. The van der Waals surface area contributed by atoms with E-state index in [4.69, 9.17) is 5.26 Å². The van der Waals surface area contributed by atoms with Gasteiger partial charge in [-0.25, -0.2) is 0 Å². The zero-order valence-electron chi connectivity index (χ0n) is 7.84. The quantitative estimate of drug-likeness (QED) is 0.578. The van der Waals surface area contributed by atoms with Crippen LogP contribution in [0.2, 0.25) is 0 Å². The number of hydrogen-bond donors (Lipinski definition) is 0. The maximum atomic E-state index is 8.76. The third kappa shape index (κ3) is 1.48. The molecule has 3 nitrogen and oxygen atoms in total. The standard InChI is InChI=1S/C9H12N3/c1-9(2,3)8-7(5-10)6-12(4)11-8/h1-4H3. The summed E-state index contributed by atoms with van der Waals surface area (Å²) in [5, 5.41) is 13.0. The highest BCUT2D eigenvalue weighted by Gasteiger charge is 2.21. The van der Waals surface area contributed by atoms with Crippen LogP contribution in [0.15, 0.2) is 0 Å². The lowest BCUT2D eigenvalue weighted by molar-refractivity contribution is 0.552. The molecule has 0 N–H and O–H groups in total. The van der Waals surface area contributed by atoms with Crippen molar-refractivity contribution in [2.45, 2.75) is 26.2 Å². The number of nitriles is 1. The van der Waals surface area contributed by atoms with E-state index >= 15 is 0 Å². The SMILES string of the molecule is Cn1[c]c(C#N)c(C(C)(C)C)n1. The Morgan fingerprint density at radius 3 is 2.42 bits per heavy atom. The van der Waals surface area contributed by atoms with Crippen LogP contribution in [0.25, 0.3) is 0 Å². The van der Waals surface area contributed by atoms with Gasteiger partial charge in [0.05, 0.1) is 5.69 Å². The highest BCUT2D eigenvalue weighted by atomic mass is 15.3. The summed E-state index contributed by atoms with van der Waals surface area (Å²) in [5.41, 5.74) is 1.28. The molecule has 63 valence electrons. The molecule has 0 saturated carbocycles. The van der Waals surface area contributed by atoms with Crippen LogP contribution in [0.1, 0.15) is 32.0 Å². The Kier molecular flexibility index (Phi) is 1.93. The molecule has 1 radical (unpaired) electrons. The van der Waals surface area contributed by atoms with Gasteiger partial charge in [-0.2, -0.15) is 10.4 Å². The summed E-state index contributed by atoms with van der Waals surface area (Å²) in [6, 6.07) is 2.08. The van der Waals surface area contributed by atoms with Gasteiger partial charge >= 0.3 is 0 Å². The minimum Gasteiger partial charge on any atom is -0.265 e. The van der Waals surface area contributed by atoms with Gasteiger partial charge in [0.15, 0.2) is 0 Å². The highest BCUT2D eigenvalue weighted by molar-refractivity contribution is 5.34. The van der Waals surface area contributed by atoms with Crippen LogP contribution in [-0.4, -0.2) is 9.78 Å². The molecular formula is C9H12N3. The zero-order chi connectivity index (χ0) is 9.35. The third-order valence-corrected chi connectivity index (χ3v) is 1.58. The van der Waals surface area contributed by atoms with Crippen molar-refractivity contribution in [3.63, 3.8) is 0 Å². The largest absolute Gasteiger partial charge is 0.265 e. The summed E-state index contributed by atoms with van der Waals surface area (Å²) < 4.78 is 1.55. The number of aromatic nitrogens is 2. The van der Waals surface area contributed by atoms with E-state index in [0.717, 1.165) is 5.69 Å². The second-order valence-corrected chi connectivity index (χ2v) is 3.82. The van der Waals surface area contributed by atoms with Crippen LogP contribution < -0.4 is 0 Å². The van der Waals surface area contributed by atoms with Crippen molar-refractivity contribution in [1.29, 1.82) is 5.26 Å². The normalized spacial score (nSPS) is 11.2. The molecule has 0 unspecified atom stereocenters. The second-order valence-electron chi connectivity index (χ2n) is 3.82. The van der Waals surface area contributed by atoms with E-state index in [0.29, 0.717) is 5.56 Å². The average molecular weight is 162 g/mol. The van der Waals surface area contributed by atoms with Gasteiger partial charge in [0.1, 0.15) is 17.8 Å². The number of nitrogens with zero attached hydrogens (tertiary/aromatic N) is 3. The van der Waals surface area contributed by atoms with Crippen LogP contribution in [0.4, 0.5) is 0 Å². The Morgan fingerprint density at radius 1 is 1.50 bits per heavy atom. The summed E-state index contributed by atoms with van der Waals surface area (Å²) in [6.45, 7) is 6.10. The Morgan fingerprint density at radius 2 is 2.08 bits per heavy atom. The molecule has 12 heavy (non-hydrogen) atoms. The van der Waals surface area contributed by atoms with Gasteiger partial charge in [0.2, 0.25) is 0 Å². The van der Waals surface area contributed by atoms with Crippen LogP contribution in [0.3, 0.4) is 0 Å². The lowest BCUT2D eigenvalue weighted by Crippen LogP contribution is -2.14. The lowest BCUT2D eigenvalue weighted by atomic mass is 9.90. The maximum Gasteiger partial charge on any atom is 0.105 e. The van der Waals surface area contributed by atoms with E-state index in [1.807, 2.05) is 20.8 Å². The van der Waals surface area contributed by atoms with Crippen molar-refractivity contribution in [1.82, 2.24) is 9.78 Å². The van der Waals surface area contributed by atoms with Crippen molar-refractivity contribution in [3.8, 4) is 6.07 Å². The topological polar surface area (TPSA) is 41.6 Å². The molecule has 1 aromatic heterocycles. The lowest BCUT2D eigenvalue weighted by Gasteiger charge is -2.14. The molecule has 0 bridgehead atoms. The van der Waals surface area contributed by atoms with Gasteiger partial charge in [-0.15, -0.1) is 0 Å². The molecule has 0 atom stereocenters. The Labute approximate surface area is 72.6 Å². The Hall–Kier alpha value is -1.30. The molecule has 1 rings (SSSR count). The number of aryl methyl sites for hydroxylation is 1. The first-order valence-corrected chi connectivity index (χ1v) is 3.82. The van der Waals surface area contributed by atoms with Gasteiger partial charge in [0, 0.05) is 12.5 Å². The van der Waals surface area contributed by atoms with Crippen molar-refractivity contribution < 1.29 is 0 Å². The molecule has 0 aliphatic heterocycles. The first-order valence-electron chi connectivity index (χ1n) is 3.82. The zero-order valence-corrected chi connectivity index (χ0v) is 7.84. The molecule has 0 fully saturated rings. The summed E-state index contributed by atoms with van der Waals surface area (Å²) >= 11 is 0. The highest BCUT2D eigenvalue weighted by Crippen LogP contribution is 2.22. The van der Waals surface area contributed by atoms with Gasteiger partial charge in [-0.05, 0) is 0 Å². The summed E-state index contributed by atoms with van der Waals surface area (Å²) in [4.78, 5) is 0. The third-order valence-electron chi connectivity index (χ3n) is 1.58. The predicted molar refractivity (Wildman–Crippen MR) is 45.5 cm³/mol. The molecule has 0 aromatic carbocycles. The fourth-order valence-corrected chi connectivity index (χ4v) is 1.04. The maximum absolute atomic E-state index is 8.76. The van der Waals surface area contributed by atoms with Gasteiger partial charge in [-0.3, -0.25) is 4.68 Å². The van der Waals surface area contributed by atoms with E-state index in [1.165, 1.54) is 0 Å². The first-order chi connectivity index (χ1) is 5.45.